The molecule has 4 nitrogen and oxygen atoms in total. The third-order valence-electron chi connectivity index (χ3n) is 4.65. The van der Waals surface area contributed by atoms with Gasteiger partial charge in [-0.25, -0.2) is 0 Å². The Kier molecular flexibility index (Phi) is 3.83. The average molecular weight is 421 g/mol. The van der Waals surface area contributed by atoms with Gasteiger partial charge in [-0.2, -0.15) is 0 Å². The second kappa shape index (κ2) is 5.69. The molecule has 3 aromatic rings. The van der Waals surface area contributed by atoms with E-state index < -0.39 is 11.7 Å². The lowest BCUT2D eigenvalue weighted by atomic mass is 9.90. The number of fused-ring (bicyclic) bond motifs is 4. The van der Waals surface area contributed by atoms with E-state index in [1.165, 1.54) is 18.4 Å². The maximum absolute atomic E-state index is 13.1. The summed E-state index contributed by atoms with van der Waals surface area (Å²) >= 11 is 5.03. The molecule has 2 heterocycles. The Hall–Kier alpha value is -1.63. The molecular formula is C19H17BrO4S. The molecule has 2 atom stereocenters. The number of hydrogen-bond acceptors (Lipinski definition) is 5. The van der Waals surface area contributed by atoms with E-state index in [1.807, 2.05) is 38.1 Å². The number of aliphatic hydroxyl groups is 1. The van der Waals surface area contributed by atoms with Gasteiger partial charge in [-0.3, -0.25) is 4.79 Å². The van der Waals surface area contributed by atoms with E-state index in [9.17, 15) is 9.90 Å². The Morgan fingerprint density at radius 3 is 2.76 bits per heavy atom. The number of ether oxygens (including phenoxy) is 2. The molecule has 0 fully saturated rings. The van der Waals surface area contributed by atoms with Gasteiger partial charge in [0.05, 0.1) is 22.0 Å². The van der Waals surface area contributed by atoms with Crippen molar-refractivity contribution in [3.63, 3.8) is 0 Å². The summed E-state index contributed by atoms with van der Waals surface area (Å²) < 4.78 is 13.2. The van der Waals surface area contributed by atoms with Crippen LogP contribution >= 0.6 is 27.3 Å². The number of rotatable bonds is 1. The molecule has 1 aliphatic heterocycles. The molecule has 1 aromatic heterocycles. The minimum atomic E-state index is -0.788. The first-order valence-electron chi connectivity index (χ1n) is 7.92. The van der Waals surface area contributed by atoms with Crippen LogP contribution in [-0.4, -0.2) is 22.6 Å². The van der Waals surface area contributed by atoms with Crippen molar-refractivity contribution in [2.75, 3.05) is 7.11 Å². The van der Waals surface area contributed by atoms with Gasteiger partial charge < -0.3 is 14.6 Å². The predicted molar refractivity (Wildman–Crippen MR) is 105 cm³/mol. The Labute approximate surface area is 157 Å². The van der Waals surface area contributed by atoms with Crippen LogP contribution in [-0.2, 0) is 0 Å². The first-order chi connectivity index (χ1) is 11.8. The Bertz CT molecular complexity index is 1060. The summed E-state index contributed by atoms with van der Waals surface area (Å²) in [5.41, 5.74) is -0.0376. The van der Waals surface area contributed by atoms with Gasteiger partial charge in [-0.05, 0) is 26.0 Å². The smallest absolute Gasteiger partial charge is 0.199 e. The van der Waals surface area contributed by atoms with Crippen molar-refractivity contribution >= 4 is 47.4 Å². The molecule has 2 aromatic carbocycles. The van der Waals surface area contributed by atoms with Crippen LogP contribution in [0.5, 0.6) is 11.5 Å². The van der Waals surface area contributed by atoms with Crippen molar-refractivity contribution in [3.05, 3.63) is 46.1 Å². The van der Waals surface area contributed by atoms with Crippen LogP contribution in [0.4, 0.5) is 0 Å². The van der Waals surface area contributed by atoms with Gasteiger partial charge in [0.1, 0.15) is 23.2 Å². The highest BCUT2D eigenvalue weighted by molar-refractivity contribution is 9.09. The summed E-state index contributed by atoms with van der Waals surface area (Å²) in [6, 6.07) is 9.20. The summed E-state index contributed by atoms with van der Waals surface area (Å²) in [5.74, 6) is 1.03. The fourth-order valence-electron chi connectivity index (χ4n) is 3.33. The van der Waals surface area contributed by atoms with Gasteiger partial charge in [0.25, 0.3) is 0 Å². The molecule has 1 N–H and O–H groups in total. The summed E-state index contributed by atoms with van der Waals surface area (Å²) in [5, 5.41) is 12.1. The van der Waals surface area contributed by atoms with Gasteiger partial charge in [0.2, 0.25) is 0 Å². The lowest BCUT2D eigenvalue weighted by Gasteiger charge is -2.40. The van der Waals surface area contributed by atoms with E-state index in [-0.39, 0.29) is 10.3 Å². The minimum Gasteiger partial charge on any atom is -0.496 e. The molecule has 0 unspecified atom stereocenters. The maximum Gasteiger partial charge on any atom is 0.199 e. The summed E-state index contributed by atoms with van der Waals surface area (Å²) in [7, 11) is 1.54. The molecule has 1 aliphatic rings. The molecule has 0 aliphatic carbocycles. The van der Waals surface area contributed by atoms with E-state index in [1.54, 1.807) is 6.07 Å². The van der Waals surface area contributed by atoms with Crippen molar-refractivity contribution < 1.29 is 14.6 Å². The zero-order valence-corrected chi connectivity index (χ0v) is 16.4. The van der Waals surface area contributed by atoms with Crippen LogP contribution in [0.25, 0.3) is 20.2 Å². The van der Waals surface area contributed by atoms with Crippen molar-refractivity contribution in [2.24, 2.45) is 0 Å². The molecule has 0 spiro atoms. The van der Waals surface area contributed by atoms with Crippen LogP contribution in [0, 0.1) is 0 Å². The van der Waals surface area contributed by atoms with Crippen molar-refractivity contribution in [1.29, 1.82) is 0 Å². The number of aliphatic hydroxyl groups excluding tert-OH is 1. The quantitative estimate of drug-likeness (QED) is 0.468. The van der Waals surface area contributed by atoms with Crippen LogP contribution in [0.15, 0.2) is 35.1 Å². The van der Waals surface area contributed by atoms with Crippen LogP contribution in [0.2, 0.25) is 0 Å². The molecule has 0 radical (unpaired) electrons. The summed E-state index contributed by atoms with van der Waals surface area (Å²) in [6.45, 7) is 3.83. The van der Waals surface area contributed by atoms with Crippen molar-refractivity contribution in [3.8, 4) is 11.5 Å². The van der Waals surface area contributed by atoms with E-state index >= 15 is 0 Å². The summed E-state index contributed by atoms with van der Waals surface area (Å²) in [6.07, 6.45) is -0.788. The number of halogens is 1. The van der Waals surface area contributed by atoms with E-state index in [4.69, 9.17) is 9.47 Å². The zero-order valence-electron chi connectivity index (χ0n) is 14.0. The Morgan fingerprint density at radius 1 is 1.32 bits per heavy atom. The van der Waals surface area contributed by atoms with Gasteiger partial charge in [-0.15, -0.1) is 11.3 Å². The normalized spacial score (nSPS) is 21.8. The topological polar surface area (TPSA) is 55.8 Å². The first-order valence-corrected chi connectivity index (χ1v) is 9.66. The predicted octanol–water partition coefficient (Wildman–Crippen LogP) is 4.39. The van der Waals surface area contributed by atoms with E-state index in [2.05, 4.69) is 15.9 Å². The number of alkyl halides is 1. The summed E-state index contributed by atoms with van der Waals surface area (Å²) in [4.78, 5) is 12.8. The molecule has 130 valence electrons. The van der Waals surface area contributed by atoms with Crippen LogP contribution in [0.3, 0.4) is 0 Å². The largest absolute Gasteiger partial charge is 0.496 e. The third-order valence-corrected chi connectivity index (χ3v) is 7.45. The number of hydrogen-bond donors (Lipinski definition) is 1. The molecule has 6 heteroatoms. The van der Waals surface area contributed by atoms with Gasteiger partial charge in [-0.1, -0.05) is 28.1 Å². The highest BCUT2D eigenvalue weighted by Gasteiger charge is 2.43. The van der Waals surface area contributed by atoms with Gasteiger partial charge >= 0.3 is 0 Å². The molecule has 0 saturated heterocycles. The highest BCUT2D eigenvalue weighted by Crippen LogP contribution is 2.49. The number of benzene rings is 2. The van der Waals surface area contributed by atoms with Crippen LogP contribution < -0.4 is 14.9 Å². The monoisotopic (exact) mass is 420 g/mol. The lowest BCUT2D eigenvalue weighted by molar-refractivity contribution is 0.0236. The second-order valence-corrected chi connectivity index (χ2v) is 8.71. The first kappa shape index (κ1) is 16.8. The second-order valence-electron chi connectivity index (χ2n) is 6.67. The Balaban J connectivity index is 2.19. The zero-order chi connectivity index (χ0) is 17.9. The lowest BCUT2D eigenvalue weighted by Crippen LogP contribution is -2.45. The highest BCUT2D eigenvalue weighted by atomic mass is 79.9. The minimum absolute atomic E-state index is 0.0906. The maximum atomic E-state index is 13.1. The fraction of sp³-hybridized carbons (Fsp3) is 0.316. The fourth-order valence-corrected chi connectivity index (χ4v) is 4.95. The average Bonchev–Trinajstić information content (AvgIpc) is 2.58. The molecule has 25 heavy (non-hydrogen) atoms. The van der Waals surface area contributed by atoms with E-state index in [0.29, 0.717) is 32.5 Å². The Morgan fingerprint density at radius 2 is 2.04 bits per heavy atom. The van der Waals surface area contributed by atoms with Gasteiger partial charge in [0, 0.05) is 21.7 Å². The van der Waals surface area contributed by atoms with E-state index in [0.717, 1.165) is 4.70 Å². The van der Waals surface area contributed by atoms with Crippen molar-refractivity contribution in [1.82, 2.24) is 0 Å². The third kappa shape index (κ3) is 2.39. The van der Waals surface area contributed by atoms with Crippen LogP contribution in [0.1, 0.15) is 25.5 Å². The van der Waals surface area contributed by atoms with Gasteiger partial charge in [0.15, 0.2) is 5.43 Å². The molecule has 0 amide bonds. The number of methoxy groups -OCH3 is 1. The molecule has 0 bridgehead atoms. The molecular weight excluding hydrogens is 404 g/mol. The SMILES string of the molecule is COc1cc2c(c3sc4ccccc4c(=O)c13)[C@H](O)[C@@H](Br)C(C)(C)O2. The molecule has 4 rings (SSSR count). The molecule has 0 saturated carbocycles. The van der Waals surface area contributed by atoms with Crippen molar-refractivity contribution in [2.45, 2.75) is 30.4 Å². The standard InChI is InChI=1S/C19H17BrO4S/c1-19(2)18(20)16(22)14-11(24-19)8-10(23-3)13-15(21)9-6-4-5-7-12(9)25-17(13)14/h4-8,16,18,22H,1-3H3/t16-,18+/m0/s1.